The van der Waals surface area contributed by atoms with E-state index in [1.165, 1.54) is 12.1 Å². The van der Waals surface area contributed by atoms with Crippen LogP contribution in [0.4, 0.5) is 0 Å². The van der Waals surface area contributed by atoms with Crippen LogP contribution in [0.1, 0.15) is 10.4 Å². The van der Waals surface area contributed by atoms with Gasteiger partial charge in [0.15, 0.2) is 0 Å². The van der Waals surface area contributed by atoms with E-state index in [1.54, 1.807) is 0 Å². The molecule has 2 N–H and O–H groups in total. The molecule has 2 rings (SSSR count). The number of phenolic OH excluding ortho intramolecular Hbond substituents is 1. The SMILES string of the molecule is [NH]C(=O)c1cc2ccccc2cc1O. The van der Waals surface area contributed by atoms with E-state index in [1.807, 2.05) is 24.3 Å². The lowest BCUT2D eigenvalue weighted by atomic mass is 10.1. The van der Waals surface area contributed by atoms with Crippen molar-refractivity contribution in [3.05, 3.63) is 42.0 Å². The van der Waals surface area contributed by atoms with Gasteiger partial charge in [0.2, 0.25) is 0 Å². The van der Waals surface area contributed by atoms with Crippen molar-refractivity contribution >= 4 is 16.7 Å². The van der Waals surface area contributed by atoms with Crippen molar-refractivity contribution in [3.8, 4) is 5.75 Å². The van der Waals surface area contributed by atoms with E-state index in [-0.39, 0.29) is 11.3 Å². The summed E-state index contributed by atoms with van der Waals surface area (Å²) < 4.78 is 0. The Labute approximate surface area is 80.8 Å². The number of phenols is 1. The largest absolute Gasteiger partial charge is 0.507 e. The first-order valence-electron chi connectivity index (χ1n) is 4.16. The number of carbonyl (C=O) groups excluding carboxylic acids is 1. The second-order valence-corrected chi connectivity index (χ2v) is 3.05. The molecule has 14 heavy (non-hydrogen) atoms. The maximum absolute atomic E-state index is 10.8. The van der Waals surface area contributed by atoms with Crippen LogP contribution in [0.5, 0.6) is 5.75 Å². The second kappa shape index (κ2) is 3.03. The normalized spacial score (nSPS) is 10.3. The zero-order valence-corrected chi connectivity index (χ0v) is 7.32. The summed E-state index contributed by atoms with van der Waals surface area (Å²) in [4.78, 5) is 10.8. The predicted molar refractivity (Wildman–Crippen MR) is 53.0 cm³/mol. The molecule has 0 aliphatic carbocycles. The molecule has 0 unspecified atom stereocenters. The van der Waals surface area contributed by atoms with Gasteiger partial charge in [-0.1, -0.05) is 24.3 Å². The quantitative estimate of drug-likeness (QED) is 0.740. The van der Waals surface area contributed by atoms with Gasteiger partial charge in [-0.05, 0) is 22.9 Å². The average molecular weight is 186 g/mol. The van der Waals surface area contributed by atoms with Crippen LogP contribution in [0.15, 0.2) is 36.4 Å². The standard InChI is InChI=1S/C11H8NO2/c12-11(14)9-5-7-3-1-2-4-8(7)6-10(9)13/h1-6,12-13H. The van der Waals surface area contributed by atoms with Crippen molar-refractivity contribution in [1.29, 1.82) is 0 Å². The van der Waals surface area contributed by atoms with Crippen LogP contribution in [-0.4, -0.2) is 11.0 Å². The van der Waals surface area contributed by atoms with E-state index in [9.17, 15) is 9.90 Å². The molecular weight excluding hydrogens is 178 g/mol. The maximum atomic E-state index is 10.8. The van der Waals surface area contributed by atoms with Crippen LogP contribution in [-0.2, 0) is 0 Å². The molecule has 3 nitrogen and oxygen atoms in total. The van der Waals surface area contributed by atoms with Gasteiger partial charge in [0.05, 0.1) is 5.56 Å². The Kier molecular flexibility index (Phi) is 1.85. The van der Waals surface area contributed by atoms with E-state index in [0.29, 0.717) is 0 Å². The predicted octanol–water partition coefficient (Wildman–Crippen LogP) is 1.97. The summed E-state index contributed by atoms with van der Waals surface area (Å²) >= 11 is 0. The van der Waals surface area contributed by atoms with Crippen LogP contribution in [0, 0.1) is 0 Å². The molecule has 0 saturated carbocycles. The van der Waals surface area contributed by atoms with Crippen LogP contribution >= 0.6 is 0 Å². The number of nitrogens with one attached hydrogen (secondary N) is 1. The summed E-state index contributed by atoms with van der Waals surface area (Å²) in [6.45, 7) is 0. The highest BCUT2D eigenvalue weighted by Gasteiger charge is 2.08. The number of carbonyl (C=O) groups is 1. The lowest BCUT2D eigenvalue weighted by Crippen LogP contribution is -1.98. The Morgan fingerprint density at radius 2 is 1.71 bits per heavy atom. The molecule has 0 spiro atoms. The Hall–Kier alpha value is -2.03. The molecule has 0 saturated heterocycles. The third-order valence-corrected chi connectivity index (χ3v) is 2.11. The van der Waals surface area contributed by atoms with E-state index in [4.69, 9.17) is 5.73 Å². The van der Waals surface area contributed by atoms with Gasteiger partial charge in [-0.2, -0.15) is 0 Å². The molecule has 0 heterocycles. The highest BCUT2D eigenvalue weighted by atomic mass is 16.3. The number of hydrogen-bond acceptors (Lipinski definition) is 2. The molecule has 0 fully saturated rings. The van der Waals surface area contributed by atoms with Crippen LogP contribution in [0.3, 0.4) is 0 Å². The van der Waals surface area contributed by atoms with Crippen LogP contribution in [0.2, 0.25) is 0 Å². The van der Waals surface area contributed by atoms with Gasteiger partial charge in [0, 0.05) is 0 Å². The highest BCUT2D eigenvalue weighted by molar-refractivity contribution is 6.00. The molecule has 3 heteroatoms. The second-order valence-electron chi connectivity index (χ2n) is 3.05. The molecule has 0 bridgehead atoms. The first-order chi connectivity index (χ1) is 6.68. The molecule has 1 amide bonds. The fraction of sp³-hybridized carbons (Fsp3) is 0. The van der Waals surface area contributed by atoms with E-state index in [2.05, 4.69) is 0 Å². The number of amides is 1. The molecule has 2 aromatic rings. The number of fused-ring (bicyclic) bond motifs is 1. The van der Waals surface area contributed by atoms with Gasteiger partial charge in [-0.25, -0.2) is 0 Å². The third kappa shape index (κ3) is 1.29. The number of rotatable bonds is 1. The maximum Gasteiger partial charge on any atom is 0.273 e. The van der Waals surface area contributed by atoms with E-state index in [0.717, 1.165) is 10.8 Å². The molecular formula is C11H8NO2. The zero-order chi connectivity index (χ0) is 10.1. The van der Waals surface area contributed by atoms with Gasteiger partial charge in [0.25, 0.3) is 5.91 Å². The monoisotopic (exact) mass is 186 g/mol. The first kappa shape index (κ1) is 8.56. The fourth-order valence-electron chi connectivity index (χ4n) is 1.41. The number of benzene rings is 2. The number of aromatic hydroxyl groups is 1. The zero-order valence-electron chi connectivity index (χ0n) is 7.32. The Morgan fingerprint density at radius 1 is 1.14 bits per heavy atom. The Balaban J connectivity index is 2.77. The minimum atomic E-state index is -0.867. The summed E-state index contributed by atoms with van der Waals surface area (Å²) in [5, 5.41) is 11.1. The smallest absolute Gasteiger partial charge is 0.273 e. The molecule has 0 atom stereocenters. The summed E-state index contributed by atoms with van der Waals surface area (Å²) in [5.74, 6) is -1.00. The molecule has 69 valence electrons. The Morgan fingerprint density at radius 3 is 2.29 bits per heavy atom. The highest BCUT2D eigenvalue weighted by Crippen LogP contribution is 2.24. The van der Waals surface area contributed by atoms with Gasteiger partial charge in [0.1, 0.15) is 5.75 Å². The molecule has 0 aliphatic rings. The van der Waals surface area contributed by atoms with Crippen LogP contribution in [0.25, 0.3) is 10.8 Å². The van der Waals surface area contributed by atoms with Crippen molar-refractivity contribution < 1.29 is 9.90 Å². The topological polar surface area (TPSA) is 61.1 Å². The van der Waals surface area contributed by atoms with Gasteiger partial charge < -0.3 is 5.11 Å². The first-order valence-corrected chi connectivity index (χ1v) is 4.16. The van der Waals surface area contributed by atoms with Crippen molar-refractivity contribution in [2.24, 2.45) is 0 Å². The van der Waals surface area contributed by atoms with Crippen molar-refractivity contribution in [3.63, 3.8) is 0 Å². The molecule has 0 aliphatic heterocycles. The lowest BCUT2D eigenvalue weighted by molar-refractivity contribution is 0.0989. The molecule has 0 aromatic heterocycles. The van der Waals surface area contributed by atoms with Crippen molar-refractivity contribution in [2.75, 3.05) is 0 Å². The van der Waals surface area contributed by atoms with Crippen LogP contribution < -0.4 is 5.73 Å². The minimum Gasteiger partial charge on any atom is -0.507 e. The summed E-state index contributed by atoms with van der Waals surface area (Å²) in [5.41, 5.74) is 6.98. The Bertz CT molecular complexity index is 506. The average Bonchev–Trinajstić information content (AvgIpc) is 2.16. The number of hydrogen-bond donors (Lipinski definition) is 1. The van der Waals surface area contributed by atoms with Crippen molar-refractivity contribution in [1.82, 2.24) is 5.73 Å². The van der Waals surface area contributed by atoms with E-state index < -0.39 is 5.91 Å². The summed E-state index contributed by atoms with van der Waals surface area (Å²) in [6, 6.07) is 10.4. The fourth-order valence-corrected chi connectivity index (χ4v) is 1.41. The molecule has 1 radical (unpaired) electrons. The van der Waals surface area contributed by atoms with Gasteiger partial charge in [-0.15, -0.1) is 0 Å². The van der Waals surface area contributed by atoms with Gasteiger partial charge in [-0.3, -0.25) is 10.5 Å². The minimum absolute atomic E-state index is 0.0451. The summed E-state index contributed by atoms with van der Waals surface area (Å²) in [6.07, 6.45) is 0. The third-order valence-electron chi connectivity index (χ3n) is 2.11. The van der Waals surface area contributed by atoms with E-state index >= 15 is 0 Å². The molecule has 2 aromatic carbocycles. The lowest BCUT2D eigenvalue weighted by Gasteiger charge is -2.02. The van der Waals surface area contributed by atoms with Crippen molar-refractivity contribution in [2.45, 2.75) is 0 Å². The van der Waals surface area contributed by atoms with Gasteiger partial charge >= 0.3 is 0 Å². The summed E-state index contributed by atoms with van der Waals surface area (Å²) in [7, 11) is 0.